The van der Waals surface area contributed by atoms with Gasteiger partial charge in [-0.1, -0.05) is 0 Å². The number of ether oxygens (including phenoxy) is 1. The van der Waals surface area contributed by atoms with Crippen molar-refractivity contribution in [2.24, 2.45) is 5.41 Å². The number of Topliss-reactive ketones (excluding diaryl/α,β-unsaturated/α-hetero) is 1. The Labute approximate surface area is 90.4 Å². The summed E-state index contributed by atoms with van der Waals surface area (Å²) in [6, 6.07) is 2.25. The number of carbonyl (C=O) groups is 1. The Morgan fingerprint density at radius 1 is 1.53 bits per heavy atom. The summed E-state index contributed by atoms with van der Waals surface area (Å²) < 4.78 is 5.52. The number of hydrogen-bond donors (Lipinski definition) is 0. The summed E-state index contributed by atoms with van der Waals surface area (Å²) in [5.41, 5.74) is -0.661. The lowest BCUT2D eigenvalue weighted by Crippen LogP contribution is -2.25. The van der Waals surface area contributed by atoms with Gasteiger partial charge in [0.1, 0.15) is 5.41 Å². The van der Waals surface area contributed by atoms with E-state index in [1.807, 2.05) is 0 Å². The fraction of sp³-hybridized carbons (Fsp3) is 0.833. The van der Waals surface area contributed by atoms with E-state index in [4.69, 9.17) is 10.00 Å². The molecule has 1 saturated carbocycles. The summed E-state index contributed by atoms with van der Waals surface area (Å²) in [7, 11) is 0. The maximum Gasteiger partial charge on any atom is 0.153 e. The second-order valence-electron chi connectivity index (χ2n) is 4.64. The van der Waals surface area contributed by atoms with E-state index in [0.717, 1.165) is 38.7 Å². The lowest BCUT2D eigenvalue weighted by atomic mass is 9.81. The highest BCUT2D eigenvalue weighted by Gasteiger charge is 2.42. The first kappa shape index (κ1) is 10.6. The minimum Gasteiger partial charge on any atom is -0.378 e. The minimum atomic E-state index is -0.661. The van der Waals surface area contributed by atoms with Gasteiger partial charge in [0, 0.05) is 13.0 Å². The van der Waals surface area contributed by atoms with Crippen LogP contribution in [0.5, 0.6) is 0 Å². The molecule has 0 radical (unpaired) electrons. The molecule has 0 N–H and O–H groups in total. The van der Waals surface area contributed by atoms with Gasteiger partial charge >= 0.3 is 0 Å². The van der Waals surface area contributed by atoms with Gasteiger partial charge in [0.05, 0.1) is 12.2 Å². The van der Waals surface area contributed by atoms with Gasteiger partial charge in [-0.05, 0) is 38.5 Å². The first-order valence-electron chi connectivity index (χ1n) is 5.83. The fourth-order valence-electron chi connectivity index (χ4n) is 2.65. The standard InChI is InChI=1S/C12H17NO2/c13-9-12(6-1-4-11(12)14)7-5-10-3-2-8-15-10/h10H,1-8H2. The van der Waals surface area contributed by atoms with E-state index in [1.165, 1.54) is 0 Å². The van der Waals surface area contributed by atoms with Crippen LogP contribution >= 0.6 is 0 Å². The van der Waals surface area contributed by atoms with E-state index in [-0.39, 0.29) is 5.78 Å². The Morgan fingerprint density at radius 3 is 2.93 bits per heavy atom. The van der Waals surface area contributed by atoms with Gasteiger partial charge in [-0.3, -0.25) is 4.79 Å². The van der Waals surface area contributed by atoms with E-state index in [0.29, 0.717) is 18.9 Å². The Bertz CT molecular complexity index is 288. The SMILES string of the molecule is N#CC1(CCC2CCCO2)CCCC1=O. The van der Waals surface area contributed by atoms with Gasteiger partial charge < -0.3 is 4.74 Å². The average Bonchev–Trinajstić information content (AvgIpc) is 2.85. The van der Waals surface area contributed by atoms with Crippen LogP contribution in [0.15, 0.2) is 0 Å². The number of ketones is 1. The van der Waals surface area contributed by atoms with E-state index in [2.05, 4.69) is 6.07 Å². The number of hydrogen-bond acceptors (Lipinski definition) is 3. The van der Waals surface area contributed by atoms with Crippen LogP contribution < -0.4 is 0 Å². The van der Waals surface area contributed by atoms with Crippen molar-refractivity contribution in [1.29, 1.82) is 5.26 Å². The number of carbonyl (C=O) groups excluding carboxylic acids is 1. The molecule has 82 valence electrons. The van der Waals surface area contributed by atoms with Crippen LogP contribution in [0.2, 0.25) is 0 Å². The van der Waals surface area contributed by atoms with Crippen LogP contribution in [-0.4, -0.2) is 18.5 Å². The lowest BCUT2D eigenvalue weighted by Gasteiger charge is -2.20. The normalized spacial score (nSPS) is 35.7. The largest absolute Gasteiger partial charge is 0.378 e. The van der Waals surface area contributed by atoms with Gasteiger partial charge in [-0.25, -0.2) is 0 Å². The predicted molar refractivity (Wildman–Crippen MR) is 55.1 cm³/mol. The first-order valence-corrected chi connectivity index (χ1v) is 5.83. The molecule has 2 unspecified atom stereocenters. The number of nitrogens with zero attached hydrogens (tertiary/aromatic N) is 1. The Hall–Kier alpha value is -0.880. The molecular weight excluding hydrogens is 190 g/mol. The van der Waals surface area contributed by atoms with Crippen molar-refractivity contribution in [2.75, 3.05) is 6.61 Å². The molecule has 1 aliphatic carbocycles. The molecule has 1 heterocycles. The van der Waals surface area contributed by atoms with Crippen LogP contribution in [-0.2, 0) is 9.53 Å². The van der Waals surface area contributed by atoms with Crippen molar-refractivity contribution in [3.63, 3.8) is 0 Å². The van der Waals surface area contributed by atoms with Crippen molar-refractivity contribution >= 4 is 5.78 Å². The highest BCUT2D eigenvalue weighted by Crippen LogP contribution is 2.39. The lowest BCUT2D eigenvalue weighted by molar-refractivity contribution is -0.123. The highest BCUT2D eigenvalue weighted by atomic mass is 16.5. The third-order valence-electron chi connectivity index (χ3n) is 3.67. The first-order chi connectivity index (χ1) is 7.27. The zero-order chi connectivity index (χ0) is 10.7. The van der Waals surface area contributed by atoms with Crippen LogP contribution in [0.25, 0.3) is 0 Å². The molecule has 1 aliphatic heterocycles. The van der Waals surface area contributed by atoms with Gasteiger partial charge in [-0.2, -0.15) is 5.26 Å². The molecule has 0 spiro atoms. The zero-order valence-electron chi connectivity index (χ0n) is 9.00. The second kappa shape index (κ2) is 4.32. The summed E-state index contributed by atoms with van der Waals surface area (Å²) >= 11 is 0. The highest BCUT2D eigenvalue weighted by molar-refractivity contribution is 5.89. The van der Waals surface area contributed by atoms with E-state index in [9.17, 15) is 4.79 Å². The molecule has 0 amide bonds. The molecule has 3 heteroatoms. The molecule has 2 fully saturated rings. The zero-order valence-corrected chi connectivity index (χ0v) is 9.00. The monoisotopic (exact) mass is 207 g/mol. The number of nitriles is 1. The molecule has 2 atom stereocenters. The van der Waals surface area contributed by atoms with E-state index in [1.54, 1.807) is 0 Å². The van der Waals surface area contributed by atoms with Crippen LogP contribution in [0.1, 0.15) is 44.9 Å². The second-order valence-corrected chi connectivity index (χ2v) is 4.64. The fourth-order valence-corrected chi connectivity index (χ4v) is 2.65. The summed E-state index contributed by atoms with van der Waals surface area (Å²) in [5.74, 6) is 0.156. The van der Waals surface area contributed by atoms with Crippen LogP contribution in [0.4, 0.5) is 0 Å². The summed E-state index contributed by atoms with van der Waals surface area (Å²) in [5, 5.41) is 9.15. The quantitative estimate of drug-likeness (QED) is 0.713. The Balaban J connectivity index is 1.91. The molecule has 2 aliphatic rings. The summed E-state index contributed by atoms with van der Waals surface area (Å²) in [4.78, 5) is 11.7. The molecule has 2 rings (SSSR count). The van der Waals surface area contributed by atoms with E-state index >= 15 is 0 Å². The molecule has 0 bridgehead atoms. The van der Waals surface area contributed by atoms with Gasteiger partial charge in [0.15, 0.2) is 5.78 Å². The van der Waals surface area contributed by atoms with Gasteiger partial charge in [-0.15, -0.1) is 0 Å². The van der Waals surface area contributed by atoms with Crippen molar-refractivity contribution in [1.82, 2.24) is 0 Å². The summed E-state index contributed by atoms with van der Waals surface area (Å²) in [6.45, 7) is 0.845. The molecule has 3 nitrogen and oxygen atoms in total. The maximum atomic E-state index is 11.7. The molecule has 0 aromatic heterocycles. The molecule has 1 saturated heterocycles. The molecule has 15 heavy (non-hydrogen) atoms. The third kappa shape index (κ3) is 2.05. The Kier molecular flexibility index (Phi) is 3.06. The molecular formula is C12H17NO2. The predicted octanol–water partition coefficient (Wildman–Crippen LogP) is 2.21. The van der Waals surface area contributed by atoms with Crippen molar-refractivity contribution in [2.45, 2.75) is 51.0 Å². The van der Waals surface area contributed by atoms with Crippen LogP contribution in [0.3, 0.4) is 0 Å². The Morgan fingerprint density at radius 2 is 2.40 bits per heavy atom. The third-order valence-corrected chi connectivity index (χ3v) is 3.67. The minimum absolute atomic E-state index is 0.156. The van der Waals surface area contributed by atoms with Gasteiger partial charge in [0.25, 0.3) is 0 Å². The van der Waals surface area contributed by atoms with Crippen molar-refractivity contribution < 1.29 is 9.53 Å². The summed E-state index contributed by atoms with van der Waals surface area (Å²) in [6.07, 6.45) is 6.33. The van der Waals surface area contributed by atoms with Crippen molar-refractivity contribution in [3.05, 3.63) is 0 Å². The van der Waals surface area contributed by atoms with Gasteiger partial charge in [0.2, 0.25) is 0 Å². The average molecular weight is 207 g/mol. The van der Waals surface area contributed by atoms with Crippen LogP contribution in [0, 0.1) is 16.7 Å². The van der Waals surface area contributed by atoms with E-state index < -0.39 is 5.41 Å². The molecule has 0 aromatic carbocycles. The maximum absolute atomic E-state index is 11.7. The van der Waals surface area contributed by atoms with Crippen molar-refractivity contribution in [3.8, 4) is 6.07 Å². The smallest absolute Gasteiger partial charge is 0.153 e. The number of rotatable bonds is 3. The topological polar surface area (TPSA) is 50.1 Å². The molecule has 0 aromatic rings.